The molecule has 0 bridgehead atoms. The van der Waals surface area contributed by atoms with Gasteiger partial charge in [-0.3, -0.25) is 14.9 Å². The first kappa shape index (κ1) is 13.4. The topological polar surface area (TPSA) is 86.2 Å². The van der Waals surface area contributed by atoms with E-state index in [1.165, 1.54) is 18.2 Å². The minimum absolute atomic E-state index is 0.0546. The van der Waals surface area contributed by atoms with Gasteiger partial charge >= 0.3 is 0 Å². The van der Waals surface area contributed by atoms with Gasteiger partial charge < -0.3 is 4.42 Å². The number of fused-ring (bicyclic) bond motifs is 4. The highest BCUT2D eigenvalue weighted by atomic mass is 16.6. The van der Waals surface area contributed by atoms with Crippen LogP contribution in [0.1, 0.15) is 5.56 Å². The van der Waals surface area contributed by atoms with Gasteiger partial charge in [-0.15, -0.1) is 0 Å². The zero-order chi connectivity index (χ0) is 16.1. The molecule has 23 heavy (non-hydrogen) atoms. The molecule has 0 unspecified atom stereocenters. The van der Waals surface area contributed by atoms with E-state index in [-0.39, 0.29) is 11.1 Å². The Kier molecular flexibility index (Phi) is 2.68. The SMILES string of the molecule is Cc1c2oc3ccc([N+](=O)[O-])cc3nc-2c2ccccc2c1=O. The maximum absolute atomic E-state index is 12.4. The van der Waals surface area contributed by atoms with Crippen molar-refractivity contribution >= 4 is 27.6 Å². The summed E-state index contributed by atoms with van der Waals surface area (Å²) in [6, 6.07) is 11.4. The highest BCUT2D eigenvalue weighted by molar-refractivity contribution is 5.97. The highest BCUT2D eigenvalue weighted by Gasteiger charge is 2.20. The van der Waals surface area contributed by atoms with Gasteiger partial charge in [-0.05, 0) is 13.0 Å². The molecule has 0 atom stereocenters. The summed E-state index contributed by atoms with van der Waals surface area (Å²) < 4.78 is 5.82. The molecule has 2 aromatic carbocycles. The number of hydrogen-bond donors (Lipinski definition) is 0. The quantitative estimate of drug-likeness (QED) is 0.232. The molecule has 0 N–H and O–H groups in total. The normalized spacial score (nSPS) is 11.3. The number of benzene rings is 3. The van der Waals surface area contributed by atoms with E-state index < -0.39 is 4.92 Å². The van der Waals surface area contributed by atoms with Crippen LogP contribution < -0.4 is 5.43 Å². The van der Waals surface area contributed by atoms with Crippen LogP contribution in [0, 0.1) is 17.0 Å². The van der Waals surface area contributed by atoms with Crippen molar-refractivity contribution in [1.82, 2.24) is 4.98 Å². The Morgan fingerprint density at radius 2 is 1.87 bits per heavy atom. The summed E-state index contributed by atoms with van der Waals surface area (Å²) in [7, 11) is 0. The molecule has 0 saturated heterocycles. The lowest BCUT2D eigenvalue weighted by atomic mass is 10.0. The van der Waals surface area contributed by atoms with Crippen LogP contribution in [0.25, 0.3) is 33.3 Å². The van der Waals surface area contributed by atoms with E-state index in [9.17, 15) is 14.9 Å². The lowest BCUT2D eigenvalue weighted by Gasteiger charge is -2.11. The molecule has 0 radical (unpaired) electrons. The van der Waals surface area contributed by atoms with E-state index in [2.05, 4.69) is 4.98 Å². The predicted octanol–water partition coefficient (Wildman–Crippen LogP) is 3.66. The van der Waals surface area contributed by atoms with Gasteiger partial charge in [0, 0.05) is 28.5 Å². The third kappa shape index (κ3) is 1.88. The van der Waals surface area contributed by atoms with Gasteiger partial charge in [-0.1, -0.05) is 24.3 Å². The maximum Gasteiger partial charge on any atom is 0.271 e. The molecule has 2 aromatic rings. The van der Waals surface area contributed by atoms with Crippen LogP contribution in [0.5, 0.6) is 0 Å². The van der Waals surface area contributed by atoms with Gasteiger partial charge in [0.2, 0.25) is 0 Å². The lowest BCUT2D eigenvalue weighted by Crippen LogP contribution is -2.09. The van der Waals surface area contributed by atoms with Crippen molar-refractivity contribution in [2.45, 2.75) is 6.92 Å². The van der Waals surface area contributed by atoms with Crippen LogP contribution in [-0.2, 0) is 0 Å². The molecule has 1 aliphatic heterocycles. The van der Waals surface area contributed by atoms with Crippen LogP contribution in [0.3, 0.4) is 0 Å². The minimum atomic E-state index is -0.477. The van der Waals surface area contributed by atoms with Gasteiger partial charge in [0.05, 0.1) is 4.92 Å². The van der Waals surface area contributed by atoms with E-state index in [4.69, 9.17) is 4.42 Å². The lowest BCUT2D eigenvalue weighted by molar-refractivity contribution is -0.384. The first-order chi connectivity index (χ1) is 11.1. The standard InChI is InChI=1S/C17H10N2O4/c1-9-16(20)12-5-3-2-4-11(12)15-17(9)23-14-7-6-10(19(21)22)8-13(14)18-15/h2-8H,1H3. The molecule has 1 aliphatic carbocycles. The molecule has 0 amide bonds. The van der Waals surface area contributed by atoms with E-state index in [1.807, 2.05) is 6.07 Å². The van der Waals surface area contributed by atoms with E-state index in [1.54, 1.807) is 25.1 Å². The van der Waals surface area contributed by atoms with Crippen LogP contribution in [0.2, 0.25) is 0 Å². The zero-order valence-corrected chi connectivity index (χ0v) is 12.1. The van der Waals surface area contributed by atoms with Gasteiger partial charge in [0.1, 0.15) is 11.2 Å². The van der Waals surface area contributed by atoms with Crippen molar-refractivity contribution in [3.05, 3.63) is 68.4 Å². The number of nitro benzene ring substituents is 1. The molecule has 1 heterocycles. The van der Waals surface area contributed by atoms with Crippen LogP contribution in [-0.4, -0.2) is 9.91 Å². The van der Waals surface area contributed by atoms with Crippen LogP contribution in [0.4, 0.5) is 5.69 Å². The number of nitrogens with zero attached hydrogens (tertiary/aromatic N) is 2. The third-order valence-electron chi connectivity index (χ3n) is 3.92. The molecule has 6 heteroatoms. The fourth-order valence-electron chi connectivity index (χ4n) is 2.75. The van der Waals surface area contributed by atoms with E-state index in [0.29, 0.717) is 38.9 Å². The van der Waals surface area contributed by atoms with Crippen molar-refractivity contribution in [3.63, 3.8) is 0 Å². The maximum atomic E-state index is 12.4. The molecule has 0 saturated carbocycles. The Morgan fingerprint density at radius 3 is 2.61 bits per heavy atom. The van der Waals surface area contributed by atoms with Crippen molar-refractivity contribution < 1.29 is 9.34 Å². The van der Waals surface area contributed by atoms with Gasteiger partial charge in [0.15, 0.2) is 16.8 Å². The smallest absolute Gasteiger partial charge is 0.271 e. The van der Waals surface area contributed by atoms with Crippen LogP contribution in [0.15, 0.2) is 51.7 Å². The number of hydrogen-bond acceptors (Lipinski definition) is 5. The second-order valence-corrected chi connectivity index (χ2v) is 5.30. The van der Waals surface area contributed by atoms with E-state index in [0.717, 1.165) is 0 Å². The Balaban J connectivity index is 2.22. The summed E-state index contributed by atoms with van der Waals surface area (Å²) in [6.45, 7) is 1.69. The Labute approximate surface area is 129 Å². The predicted molar refractivity (Wildman–Crippen MR) is 85.8 cm³/mol. The highest BCUT2D eigenvalue weighted by Crippen LogP contribution is 2.33. The Bertz CT molecular complexity index is 1130. The summed E-state index contributed by atoms with van der Waals surface area (Å²) in [5.74, 6) is 0.412. The average molecular weight is 306 g/mol. The first-order valence-corrected chi connectivity index (χ1v) is 6.96. The second kappa shape index (κ2) is 4.61. The zero-order valence-electron chi connectivity index (χ0n) is 12.1. The van der Waals surface area contributed by atoms with Gasteiger partial charge in [-0.25, -0.2) is 4.98 Å². The van der Waals surface area contributed by atoms with E-state index >= 15 is 0 Å². The van der Waals surface area contributed by atoms with Crippen molar-refractivity contribution in [1.29, 1.82) is 0 Å². The number of aromatic nitrogens is 1. The summed E-state index contributed by atoms with van der Waals surface area (Å²) >= 11 is 0. The molecule has 0 aromatic heterocycles. The van der Waals surface area contributed by atoms with Gasteiger partial charge in [0.25, 0.3) is 5.69 Å². The van der Waals surface area contributed by atoms with Crippen molar-refractivity contribution in [3.8, 4) is 11.5 Å². The summed E-state index contributed by atoms with van der Waals surface area (Å²) in [4.78, 5) is 27.4. The fourth-order valence-corrected chi connectivity index (χ4v) is 2.75. The average Bonchev–Trinajstić information content (AvgIpc) is 2.58. The Hall–Kier alpha value is -3.28. The molecular weight excluding hydrogens is 296 g/mol. The molecule has 6 nitrogen and oxygen atoms in total. The second-order valence-electron chi connectivity index (χ2n) is 5.30. The Morgan fingerprint density at radius 1 is 1.13 bits per heavy atom. The number of non-ortho nitro benzene ring substituents is 1. The first-order valence-electron chi connectivity index (χ1n) is 6.96. The van der Waals surface area contributed by atoms with Crippen LogP contribution >= 0.6 is 0 Å². The molecule has 0 spiro atoms. The molecule has 2 aliphatic rings. The molecule has 4 rings (SSSR count). The largest absolute Gasteiger partial charge is 0.452 e. The van der Waals surface area contributed by atoms with Crippen molar-refractivity contribution in [2.75, 3.05) is 0 Å². The number of nitro groups is 1. The van der Waals surface area contributed by atoms with Gasteiger partial charge in [-0.2, -0.15) is 0 Å². The minimum Gasteiger partial charge on any atom is -0.452 e. The molecule has 112 valence electrons. The summed E-state index contributed by atoms with van der Waals surface area (Å²) in [5, 5.41) is 12.2. The molecular formula is C17H10N2O4. The summed E-state index contributed by atoms with van der Waals surface area (Å²) in [6.07, 6.45) is 0. The monoisotopic (exact) mass is 306 g/mol. The molecule has 0 fully saturated rings. The van der Waals surface area contributed by atoms with Crippen molar-refractivity contribution in [2.24, 2.45) is 0 Å². The third-order valence-corrected chi connectivity index (χ3v) is 3.92. The fraction of sp³-hybridized carbons (Fsp3) is 0.0588. The summed E-state index contributed by atoms with van der Waals surface area (Å²) in [5.41, 5.74) is 1.65. The number of rotatable bonds is 1.